The first kappa shape index (κ1) is 11.7. The van der Waals surface area contributed by atoms with Gasteiger partial charge in [0.15, 0.2) is 0 Å². The Labute approximate surface area is 118 Å². The Morgan fingerprint density at radius 2 is 1.90 bits per heavy atom. The van der Waals surface area contributed by atoms with E-state index in [-0.39, 0.29) is 6.17 Å². The number of nitrogens with one attached hydrogen (secondary N) is 1. The average Bonchev–Trinajstić information content (AvgIpc) is 2.86. The highest BCUT2D eigenvalue weighted by atomic mass is 15.2. The van der Waals surface area contributed by atoms with Crippen LogP contribution in [0.1, 0.15) is 23.1 Å². The monoisotopic (exact) mass is 263 g/mol. The van der Waals surface area contributed by atoms with Gasteiger partial charge in [-0.1, -0.05) is 42.0 Å². The summed E-state index contributed by atoms with van der Waals surface area (Å²) in [4.78, 5) is 4.77. The number of para-hydroxylation sites is 2. The number of hydrogen-bond acceptors (Lipinski definition) is 2. The van der Waals surface area contributed by atoms with Gasteiger partial charge in [0.25, 0.3) is 0 Å². The highest BCUT2D eigenvalue weighted by Crippen LogP contribution is 2.27. The van der Waals surface area contributed by atoms with E-state index >= 15 is 0 Å². The van der Waals surface area contributed by atoms with Gasteiger partial charge in [-0.3, -0.25) is 5.32 Å². The van der Waals surface area contributed by atoms with Crippen molar-refractivity contribution in [2.75, 3.05) is 6.54 Å². The highest BCUT2D eigenvalue weighted by Gasteiger charge is 2.23. The van der Waals surface area contributed by atoms with E-state index in [0.717, 1.165) is 18.5 Å². The van der Waals surface area contributed by atoms with E-state index < -0.39 is 0 Å². The predicted molar refractivity (Wildman–Crippen MR) is 80.8 cm³/mol. The second kappa shape index (κ2) is 4.46. The van der Waals surface area contributed by atoms with Crippen LogP contribution in [0.15, 0.2) is 48.5 Å². The maximum atomic E-state index is 4.77. The summed E-state index contributed by atoms with van der Waals surface area (Å²) >= 11 is 0. The van der Waals surface area contributed by atoms with Crippen molar-refractivity contribution in [1.82, 2.24) is 14.9 Å². The molecule has 4 rings (SSSR count). The summed E-state index contributed by atoms with van der Waals surface area (Å²) in [7, 11) is 0. The molecule has 0 spiro atoms. The highest BCUT2D eigenvalue weighted by molar-refractivity contribution is 5.76. The number of imidazole rings is 1. The molecule has 0 aliphatic carbocycles. The zero-order chi connectivity index (χ0) is 13.5. The quantitative estimate of drug-likeness (QED) is 0.731. The lowest BCUT2D eigenvalue weighted by atomic mass is 10.1. The number of hydrogen-bond donors (Lipinski definition) is 1. The van der Waals surface area contributed by atoms with Crippen LogP contribution in [0.5, 0.6) is 0 Å². The molecule has 0 saturated heterocycles. The van der Waals surface area contributed by atoms with Crippen molar-refractivity contribution in [2.24, 2.45) is 0 Å². The summed E-state index contributed by atoms with van der Waals surface area (Å²) in [5.74, 6) is 1.18. The molecule has 1 aliphatic rings. The van der Waals surface area contributed by atoms with Crippen molar-refractivity contribution in [3.63, 3.8) is 0 Å². The molecule has 3 nitrogen and oxygen atoms in total. The smallest absolute Gasteiger partial charge is 0.112 e. The van der Waals surface area contributed by atoms with Crippen molar-refractivity contribution in [3.8, 4) is 0 Å². The van der Waals surface area contributed by atoms with Crippen LogP contribution in [0.2, 0.25) is 0 Å². The van der Waals surface area contributed by atoms with Crippen molar-refractivity contribution in [3.05, 3.63) is 65.5 Å². The fourth-order valence-corrected chi connectivity index (χ4v) is 2.99. The first-order valence-corrected chi connectivity index (χ1v) is 7.09. The lowest BCUT2D eigenvalue weighted by molar-refractivity contribution is 0.422. The van der Waals surface area contributed by atoms with Gasteiger partial charge in [0, 0.05) is 13.0 Å². The number of aryl methyl sites for hydroxylation is 1. The van der Waals surface area contributed by atoms with Crippen LogP contribution in [-0.2, 0) is 6.42 Å². The van der Waals surface area contributed by atoms with Crippen LogP contribution < -0.4 is 5.32 Å². The molecule has 0 amide bonds. The SMILES string of the molecule is Cc1ccc(C2NCCc3nc4ccccc4n32)cc1. The number of fused-ring (bicyclic) bond motifs is 3. The Kier molecular flexibility index (Phi) is 2.60. The van der Waals surface area contributed by atoms with Gasteiger partial charge >= 0.3 is 0 Å². The molecule has 1 N–H and O–H groups in total. The van der Waals surface area contributed by atoms with Crippen LogP contribution in [0.25, 0.3) is 11.0 Å². The van der Waals surface area contributed by atoms with Gasteiger partial charge < -0.3 is 4.57 Å². The molecular formula is C17H17N3. The summed E-state index contributed by atoms with van der Waals surface area (Å²) in [6.07, 6.45) is 1.17. The van der Waals surface area contributed by atoms with Gasteiger partial charge in [-0.25, -0.2) is 4.98 Å². The normalized spacial score (nSPS) is 18.1. The Hall–Kier alpha value is -2.13. The third-order valence-corrected chi connectivity index (χ3v) is 4.01. The Balaban J connectivity index is 1.90. The summed E-state index contributed by atoms with van der Waals surface area (Å²) in [5, 5.41) is 3.61. The van der Waals surface area contributed by atoms with Crippen LogP contribution in [0.3, 0.4) is 0 Å². The lowest BCUT2D eigenvalue weighted by Gasteiger charge is -2.27. The van der Waals surface area contributed by atoms with E-state index in [1.807, 2.05) is 0 Å². The minimum Gasteiger partial charge on any atom is -0.307 e. The molecule has 2 heterocycles. The standard InChI is InChI=1S/C17H17N3/c1-12-6-8-13(9-7-12)17-18-11-10-16-19-14-4-2-3-5-15(14)20(16)17/h2-9,17-18H,10-11H2,1H3. The van der Waals surface area contributed by atoms with Gasteiger partial charge in [-0.15, -0.1) is 0 Å². The summed E-state index contributed by atoms with van der Waals surface area (Å²) in [5.41, 5.74) is 4.88. The van der Waals surface area contributed by atoms with Crippen molar-refractivity contribution in [1.29, 1.82) is 0 Å². The zero-order valence-electron chi connectivity index (χ0n) is 11.5. The second-order valence-electron chi connectivity index (χ2n) is 5.40. The molecular weight excluding hydrogens is 246 g/mol. The molecule has 2 aromatic carbocycles. The van der Waals surface area contributed by atoms with Gasteiger partial charge in [0.2, 0.25) is 0 Å². The fraction of sp³-hybridized carbons (Fsp3) is 0.235. The van der Waals surface area contributed by atoms with E-state index in [1.165, 1.54) is 22.5 Å². The Bertz CT molecular complexity index is 756. The number of benzene rings is 2. The van der Waals surface area contributed by atoms with E-state index in [9.17, 15) is 0 Å². The van der Waals surface area contributed by atoms with E-state index in [1.54, 1.807) is 0 Å². The minimum atomic E-state index is 0.187. The molecule has 100 valence electrons. The fourth-order valence-electron chi connectivity index (χ4n) is 2.99. The second-order valence-corrected chi connectivity index (χ2v) is 5.40. The average molecular weight is 263 g/mol. The van der Waals surface area contributed by atoms with E-state index in [2.05, 4.69) is 65.3 Å². The van der Waals surface area contributed by atoms with Crippen molar-refractivity contribution < 1.29 is 0 Å². The number of nitrogens with zero attached hydrogens (tertiary/aromatic N) is 2. The topological polar surface area (TPSA) is 29.9 Å². The van der Waals surface area contributed by atoms with Gasteiger partial charge in [0.05, 0.1) is 11.0 Å². The maximum absolute atomic E-state index is 4.77. The summed E-state index contributed by atoms with van der Waals surface area (Å²) in [6, 6.07) is 17.1. The van der Waals surface area contributed by atoms with E-state index in [0.29, 0.717) is 0 Å². The third-order valence-electron chi connectivity index (χ3n) is 4.01. The molecule has 1 atom stereocenters. The molecule has 3 heteroatoms. The predicted octanol–water partition coefficient (Wildman–Crippen LogP) is 3.04. The summed E-state index contributed by atoms with van der Waals surface area (Å²) in [6.45, 7) is 3.10. The van der Waals surface area contributed by atoms with Crippen LogP contribution in [0, 0.1) is 6.92 Å². The lowest BCUT2D eigenvalue weighted by Crippen LogP contribution is -2.35. The first-order chi connectivity index (χ1) is 9.83. The minimum absolute atomic E-state index is 0.187. The molecule has 1 unspecified atom stereocenters. The largest absolute Gasteiger partial charge is 0.307 e. The van der Waals surface area contributed by atoms with E-state index in [4.69, 9.17) is 4.98 Å². The van der Waals surface area contributed by atoms with Crippen LogP contribution >= 0.6 is 0 Å². The van der Waals surface area contributed by atoms with Crippen molar-refractivity contribution >= 4 is 11.0 Å². The maximum Gasteiger partial charge on any atom is 0.112 e. The molecule has 0 radical (unpaired) electrons. The van der Waals surface area contributed by atoms with Crippen LogP contribution in [0.4, 0.5) is 0 Å². The first-order valence-electron chi connectivity index (χ1n) is 7.09. The number of rotatable bonds is 1. The molecule has 0 bridgehead atoms. The van der Waals surface area contributed by atoms with Crippen LogP contribution in [-0.4, -0.2) is 16.1 Å². The van der Waals surface area contributed by atoms with Gasteiger partial charge in [0.1, 0.15) is 12.0 Å². The van der Waals surface area contributed by atoms with Gasteiger partial charge in [-0.2, -0.15) is 0 Å². The molecule has 3 aromatic rings. The molecule has 1 aromatic heterocycles. The van der Waals surface area contributed by atoms with Crippen molar-refractivity contribution in [2.45, 2.75) is 19.5 Å². The molecule has 0 saturated carbocycles. The number of aromatic nitrogens is 2. The molecule has 1 aliphatic heterocycles. The Morgan fingerprint density at radius 1 is 1.10 bits per heavy atom. The zero-order valence-corrected chi connectivity index (χ0v) is 11.5. The molecule has 0 fully saturated rings. The Morgan fingerprint density at radius 3 is 2.75 bits per heavy atom. The summed E-state index contributed by atoms with van der Waals surface area (Å²) < 4.78 is 2.34. The van der Waals surface area contributed by atoms with Gasteiger partial charge in [-0.05, 0) is 24.6 Å². The molecule has 20 heavy (non-hydrogen) atoms. The third kappa shape index (κ3) is 1.74.